The van der Waals surface area contributed by atoms with E-state index >= 15 is 0 Å². The van der Waals surface area contributed by atoms with Gasteiger partial charge in [0.25, 0.3) is 0 Å². The van der Waals surface area contributed by atoms with Gasteiger partial charge in [0.2, 0.25) is 11.8 Å². The minimum Gasteiger partial charge on any atom is -0.481 e. The molecule has 0 aromatic carbocycles. The quantitative estimate of drug-likeness (QED) is 0.921. The molecule has 15 heavy (non-hydrogen) atoms. The fraction of sp³-hybridized carbons (Fsp3) is 0.111. The smallest absolute Gasteiger partial charge is 0.223 e. The summed E-state index contributed by atoms with van der Waals surface area (Å²) in [6, 6.07) is 3.72. The van der Waals surface area contributed by atoms with Gasteiger partial charge in [0.05, 0.1) is 17.7 Å². The predicted octanol–water partition coefficient (Wildman–Crippen LogP) is 2.56. The van der Waals surface area contributed by atoms with Gasteiger partial charge < -0.3 is 10.5 Å². The van der Waals surface area contributed by atoms with E-state index in [-0.39, 0.29) is 5.95 Å². The van der Waals surface area contributed by atoms with Crippen LogP contribution in [0.2, 0.25) is 0 Å². The lowest BCUT2D eigenvalue weighted by Gasteiger charge is -2.03. The zero-order chi connectivity index (χ0) is 10.8. The highest BCUT2D eigenvalue weighted by Crippen LogP contribution is 2.33. The SMILES string of the molecule is COc1cc(-c2sccc2Br)nc(N)n1. The molecule has 6 heteroatoms. The normalized spacial score (nSPS) is 10.3. The van der Waals surface area contributed by atoms with Crippen LogP contribution < -0.4 is 10.5 Å². The van der Waals surface area contributed by atoms with Crippen molar-refractivity contribution in [3.8, 4) is 16.5 Å². The molecule has 0 bridgehead atoms. The van der Waals surface area contributed by atoms with Crippen LogP contribution in [0.4, 0.5) is 5.95 Å². The predicted molar refractivity (Wildman–Crippen MR) is 64.0 cm³/mol. The summed E-state index contributed by atoms with van der Waals surface area (Å²) >= 11 is 5.02. The molecular formula is C9H8BrN3OS. The number of anilines is 1. The molecule has 4 nitrogen and oxygen atoms in total. The number of aromatic nitrogens is 2. The summed E-state index contributed by atoms with van der Waals surface area (Å²) in [5, 5.41) is 1.98. The number of halogens is 1. The van der Waals surface area contributed by atoms with Crippen molar-refractivity contribution in [3.63, 3.8) is 0 Å². The zero-order valence-electron chi connectivity index (χ0n) is 7.90. The fourth-order valence-electron chi connectivity index (χ4n) is 1.14. The molecule has 0 radical (unpaired) electrons. The van der Waals surface area contributed by atoms with Gasteiger partial charge in [-0.1, -0.05) is 0 Å². The van der Waals surface area contributed by atoms with E-state index in [9.17, 15) is 0 Å². The Morgan fingerprint density at radius 2 is 2.27 bits per heavy atom. The van der Waals surface area contributed by atoms with Gasteiger partial charge in [0.1, 0.15) is 0 Å². The van der Waals surface area contributed by atoms with Crippen LogP contribution in [0.15, 0.2) is 22.0 Å². The van der Waals surface area contributed by atoms with Crippen molar-refractivity contribution in [1.29, 1.82) is 0 Å². The van der Waals surface area contributed by atoms with E-state index in [0.717, 1.165) is 15.0 Å². The first-order valence-corrected chi connectivity index (χ1v) is 5.80. The summed E-state index contributed by atoms with van der Waals surface area (Å²) < 4.78 is 6.03. The number of hydrogen-bond acceptors (Lipinski definition) is 5. The molecule has 0 saturated carbocycles. The first-order valence-electron chi connectivity index (χ1n) is 4.12. The van der Waals surface area contributed by atoms with Gasteiger partial charge in [0, 0.05) is 10.5 Å². The third kappa shape index (κ3) is 2.10. The van der Waals surface area contributed by atoms with Crippen molar-refractivity contribution in [2.75, 3.05) is 12.8 Å². The molecule has 2 heterocycles. The lowest BCUT2D eigenvalue weighted by molar-refractivity contribution is 0.398. The van der Waals surface area contributed by atoms with Crippen molar-refractivity contribution in [2.45, 2.75) is 0 Å². The van der Waals surface area contributed by atoms with Crippen molar-refractivity contribution in [1.82, 2.24) is 9.97 Å². The number of hydrogen-bond donors (Lipinski definition) is 1. The van der Waals surface area contributed by atoms with Gasteiger partial charge in [-0.15, -0.1) is 11.3 Å². The molecule has 0 aliphatic carbocycles. The van der Waals surface area contributed by atoms with Crippen LogP contribution in [-0.4, -0.2) is 17.1 Å². The Hall–Kier alpha value is -1.14. The van der Waals surface area contributed by atoms with E-state index in [4.69, 9.17) is 10.5 Å². The van der Waals surface area contributed by atoms with Crippen LogP contribution in [0.3, 0.4) is 0 Å². The average Bonchev–Trinajstić information content (AvgIpc) is 2.63. The van der Waals surface area contributed by atoms with Gasteiger partial charge >= 0.3 is 0 Å². The Kier molecular flexibility index (Phi) is 2.88. The molecule has 0 aliphatic rings. The molecule has 0 fully saturated rings. The molecule has 0 spiro atoms. The first kappa shape index (κ1) is 10.4. The monoisotopic (exact) mass is 285 g/mol. The second-order valence-corrected chi connectivity index (χ2v) is 4.52. The molecule has 2 aromatic rings. The number of nitrogens with zero attached hydrogens (tertiary/aromatic N) is 2. The second kappa shape index (κ2) is 4.16. The Bertz CT molecular complexity index is 486. The highest BCUT2D eigenvalue weighted by molar-refractivity contribution is 9.10. The van der Waals surface area contributed by atoms with Gasteiger partial charge in [-0.05, 0) is 27.4 Å². The van der Waals surface area contributed by atoms with Gasteiger partial charge in [0.15, 0.2) is 0 Å². The molecular weight excluding hydrogens is 278 g/mol. The second-order valence-electron chi connectivity index (χ2n) is 2.75. The van der Waals surface area contributed by atoms with Crippen molar-refractivity contribution in [2.24, 2.45) is 0 Å². The highest BCUT2D eigenvalue weighted by Gasteiger charge is 2.09. The van der Waals surface area contributed by atoms with Crippen LogP contribution in [0, 0.1) is 0 Å². The molecule has 0 unspecified atom stereocenters. The highest BCUT2D eigenvalue weighted by atomic mass is 79.9. The van der Waals surface area contributed by atoms with Crippen LogP contribution >= 0.6 is 27.3 Å². The Morgan fingerprint density at radius 3 is 2.87 bits per heavy atom. The van der Waals surface area contributed by atoms with E-state index in [1.807, 2.05) is 11.4 Å². The number of ether oxygens (including phenoxy) is 1. The van der Waals surface area contributed by atoms with E-state index in [2.05, 4.69) is 25.9 Å². The molecule has 2 aromatic heterocycles. The molecule has 0 saturated heterocycles. The van der Waals surface area contributed by atoms with Crippen LogP contribution in [-0.2, 0) is 0 Å². The largest absolute Gasteiger partial charge is 0.481 e. The lowest BCUT2D eigenvalue weighted by Crippen LogP contribution is -1.98. The maximum Gasteiger partial charge on any atom is 0.223 e. The number of nitrogen functional groups attached to an aromatic ring is 1. The van der Waals surface area contributed by atoms with Gasteiger partial charge in [-0.2, -0.15) is 4.98 Å². The van der Waals surface area contributed by atoms with Crippen LogP contribution in [0.5, 0.6) is 5.88 Å². The first-order chi connectivity index (χ1) is 7.20. The van der Waals surface area contributed by atoms with E-state index in [0.29, 0.717) is 5.88 Å². The van der Waals surface area contributed by atoms with Crippen molar-refractivity contribution >= 4 is 33.2 Å². The van der Waals surface area contributed by atoms with Crippen LogP contribution in [0.25, 0.3) is 10.6 Å². The van der Waals surface area contributed by atoms with E-state index in [1.54, 1.807) is 24.5 Å². The molecule has 0 atom stereocenters. The standard InChI is InChI=1S/C9H8BrN3OS/c1-14-7-4-6(12-9(11)13-7)8-5(10)2-3-15-8/h2-4H,1H3,(H2,11,12,13). The van der Waals surface area contributed by atoms with E-state index < -0.39 is 0 Å². The third-order valence-corrected chi connectivity index (χ3v) is 3.64. The van der Waals surface area contributed by atoms with Crippen LogP contribution in [0.1, 0.15) is 0 Å². The molecule has 2 rings (SSSR count). The minimum atomic E-state index is 0.213. The number of rotatable bonds is 2. The van der Waals surface area contributed by atoms with Gasteiger partial charge in [-0.3, -0.25) is 0 Å². The van der Waals surface area contributed by atoms with Crippen molar-refractivity contribution in [3.05, 3.63) is 22.0 Å². The maximum absolute atomic E-state index is 5.58. The third-order valence-electron chi connectivity index (χ3n) is 1.78. The molecule has 0 amide bonds. The molecule has 2 N–H and O–H groups in total. The Balaban J connectivity index is 2.53. The fourth-order valence-corrected chi connectivity index (χ4v) is 2.68. The summed E-state index contributed by atoms with van der Waals surface area (Å²) in [4.78, 5) is 9.09. The summed E-state index contributed by atoms with van der Waals surface area (Å²) in [5.41, 5.74) is 6.34. The maximum atomic E-state index is 5.58. The summed E-state index contributed by atoms with van der Waals surface area (Å²) in [6.07, 6.45) is 0. The number of methoxy groups -OCH3 is 1. The Labute approximate surface area is 99.3 Å². The summed E-state index contributed by atoms with van der Waals surface area (Å²) in [5.74, 6) is 0.683. The number of thiophene rings is 1. The molecule has 0 aliphatic heterocycles. The van der Waals surface area contributed by atoms with E-state index in [1.165, 1.54) is 0 Å². The minimum absolute atomic E-state index is 0.213. The Morgan fingerprint density at radius 1 is 1.47 bits per heavy atom. The summed E-state index contributed by atoms with van der Waals surface area (Å²) in [6.45, 7) is 0. The van der Waals surface area contributed by atoms with Crippen molar-refractivity contribution < 1.29 is 4.74 Å². The average molecular weight is 286 g/mol. The zero-order valence-corrected chi connectivity index (χ0v) is 10.3. The lowest BCUT2D eigenvalue weighted by atomic mass is 10.3. The van der Waals surface area contributed by atoms with Gasteiger partial charge in [-0.25, -0.2) is 4.98 Å². The number of nitrogens with two attached hydrogens (primary N) is 1. The molecule has 78 valence electrons. The topological polar surface area (TPSA) is 61.0 Å². The summed E-state index contributed by atoms with van der Waals surface area (Å²) in [7, 11) is 1.55.